The van der Waals surface area contributed by atoms with Crippen molar-refractivity contribution < 1.29 is 14.3 Å². The van der Waals surface area contributed by atoms with E-state index in [1.807, 2.05) is 25.1 Å². The molecule has 0 unspecified atom stereocenters. The molecule has 1 N–H and O–H groups in total. The molecule has 17 heavy (non-hydrogen) atoms. The van der Waals surface area contributed by atoms with Crippen LogP contribution in [0.25, 0.3) is 11.0 Å². The van der Waals surface area contributed by atoms with Crippen LogP contribution in [0.5, 0.6) is 0 Å². The van der Waals surface area contributed by atoms with E-state index in [2.05, 4.69) is 0 Å². The molecule has 0 saturated carbocycles. The first kappa shape index (κ1) is 11.7. The van der Waals surface area contributed by atoms with E-state index in [4.69, 9.17) is 9.52 Å². The van der Waals surface area contributed by atoms with Crippen molar-refractivity contribution in [3.63, 3.8) is 0 Å². The molecular weight excluding hydrogens is 218 g/mol. The summed E-state index contributed by atoms with van der Waals surface area (Å²) >= 11 is 0. The standard InChI is InChI=1S/C13H15NO3/c1-9-3-4-10-8-12(17-11(10)7-9)13(16)14(2)5-6-15/h3-4,7-8,15H,5-6H2,1-2H3. The number of aryl methyl sites for hydroxylation is 1. The number of fused-ring (bicyclic) bond motifs is 1. The van der Waals surface area contributed by atoms with Gasteiger partial charge in [-0.25, -0.2) is 0 Å². The smallest absolute Gasteiger partial charge is 0.289 e. The molecular formula is C13H15NO3. The molecule has 0 fully saturated rings. The fourth-order valence-electron chi connectivity index (χ4n) is 1.68. The maximum atomic E-state index is 11.9. The lowest BCUT2D eigenvalue weighted by Gasteiger charge is -2.13. The molecule has 90 valence electrons. The van der Waals surface area contributed by atoms with Crippen molar-refractivity contribution in [1.29, 1.82) is 0 Å². The molecule has 0 aliphatic carbocycles. The number of aliphatic hydroxyl groups is 1. The molecule has 4 nitrogen and oxygen atoms in total. The summed E-state index contributed by atoms with van der Waals surface area (Å²) in [4.78, 5) is 13.3. The monoisotopic (exact) mass is 233 g/mol. The Balaban J connectivity index is 2.33. The van der Waals surface area contributed by atoms with Gasteiger partial charge < -0.3 is 14.4 Å². The van der Waals surface area contributed by atoms with Gasteiger partial charge in [-0.1, -0.05) is 12.1 Å². The fourth-order valence-corrected chi connectivity index (χ4v) is 1.68. The average molecular weight is 233 g/mol. The van der Waals surface area contributed by atoms with E-state index in [-0.39, 0.29) is 12.5 Å². The maximum absolute atomic E-state index is 11.9. The average Bonchev–Trinajstić information content (AvgIpc) is 2.71. The molecule has 0 bridgehead atoms. The number of hydrogen-bond donors (Lipinski definition) is 1. The molecule has 2 aromatic rings. The minimum Gasteiger partial charge on any atom is -0.451 e. The molecule has 0 saturated heterocycles. The molecule has 0 aliphatic heterocycles. The van der Waals surface area contributed by atoms with Crippen LogP contribution in [0.4, 0.5) is 0 Å². The van der Waals surface area contributed by atoms with Gasteiger partial charge in [-0.15, -0.1) is 0 Å². The van der Waals surface area contributed by atoms with E-state index in [9.17, 15) is 4.79 Å². The lowest BCUT2D eigenvalue weighted by molar-refractivity contribution is 0.0738. The van der Waals surface area contributed by atoms with Crippen LogP contribution in [-0.4, -0.2) is 36.1 Å². The van der Waals surface area contributed by atoms with E-state index < -0.39 is 0 Å². The van der Waals surface area contributed by atoms with Gasteiger partial charge in [0.25, 0.3) is 5.91 Å². The van der Waals surface area contributed by atoms with Crippen LogP contribution in [0.15, 0.2) is 28.7 Å². The van der Waals surface area contributed by atoms with Gasteiger partial charge in [0.05, 0.1) is 6.61 Å². The number of carbonyl (C=O) groups is 1. The number of nitrogens with zero attached hydrogens (tertiary/aromatic N) is 1. The van der Waals surface area contributed by atoms with Gasteiger partial charge in [0.1, 0.15) is 5.58 Å². The Morgan fingerprint density at radius 2 is 2.18 bits per heavy atom. The van der Waals surface area contributed by atoms with Crippen molar-refractivity contribution >= 4 is 16.9 Å². The van der Waals surface area contributed by atoms with Crippen LogP contribution >= 0.6 is 0 Å². The van der Waals surface area contributed by atoms with E-state index in [0.717, 1.165) is 10.9 Å². The van der Waals surface area contributed by atoms with Crippen molar-refractivity contribution in [3.05, 3.63) is 35.6 Å². The lowest BCUT2D eigenvalue weighted by Crippen LogP contribution is -2.29. The molecule has 1 aromatic heterocycles. The Morgan fingerprint density at radius 3 is 2.88 bits per heavy atom. The first-order chi connectivity index (χ1) is 8.11. The van der Waals surface area contributed by atoms with Crippen LogP contribution < -0.4 is 0 Å². The molecule has 1 heterocycles. The van der Waals surface area contributed by atoms with Crippen LogP contribution in [0.3, 0.4) is 0 Å². The maximum Gasteiger partial charge on any atom is 0.289 e. The van der Waals surface area contributed by atoms with Gasteiger partial charge in [0, 0.05) is 19.0 Å². The minimum absolute atomic E-state index is 0.0540. The molecule has 0 spiro atoms. The summed E-state index contributed by atoms with van der Waals surface area (Å²) in [5.41, 5.74) is 1.81. The summed E-state index contributed by atoms with van der Waals surface area (Å²) in [6, 6.07) is 7.53. The number of amides is 1. The number of aliphatic hydroxyl groups excluding tert-OH is 1. The van der Waals surface area contributed by atoms with E-state index in [1.165, 1.54) is 4.90 Å². The molecule has 2 rings (SSSR count). The Kier molecular flexibility index (Phi) is 3.15. The number of furan rings is 1. The fraction of sp³-hybridized carbons (Fsp3) is 0.308. The summed E-state index contributed by atoms with van der Waals surface area (Å²) in [7, 11) is 1.64. The Bertz CT molecular complexity index is 545. The zero-order chi connectivity index (χ0) is 12.4. The number of likely N-dealkylation sites (N-methyl/N-ethyl adjacent to an activating group) is 1. The van der Waals surface area contributed by atoms with Crippen molar-refractivity contribution in [3.8, 4) is 0 Å². The van der Waals surface area contributed by atoms with Crippen molar-refractivity contribution in [2.45, 2.75) is 6.92 Å². The molecule has 0 aliphatic rings. The normalized spacial score (nSPS) is 10.8. The molecule has 1 aromatic carbocycles. The number of carbonyl (C=O) groups excluding carboxylic acids is 1. The van der Waals surface area contributed by atoms with Gasteiger partial charge in [-0.2, -0.15) is 0 Å². The molecule has 1 amide bonds. The van der Waals surface area contributed by atoms with Gasteiger partial charge in [-0.05, 0) is 24.6 Å². The van der Waals surface area contributed by atoms with Crippen molar-refractivity contribution in [2.24, 2.45) is 0 Å². The summed E-state index contributed by atoms with van der Waals surface area (Å²) in [6.45, 7) is 2.22. The zero-order valence-corrected chi connectivity index (χ0v) is 9.93. The summed E-state index contributed by atoms with van der Waals surface area (Å²) in [5, 5.41) is 9.70. The third-order valence-electron chi connectivity index (χ3n) is 2.67. The van der Waals surface area contributed by atoms with Crippen LogP contribution in [0, 0.1) is 6.92 Å². The third-order valence-corrected chi connectivity index (χ3v) is 2.67. The summed E-state index contributed by atoms with van der Waals surface area (Å²) in [6.07, 6.45) is 0. The van der Waals surface area contributed by atoms with E-state index >= 15 is 0 Å². The molecule has 0 atom stereocenters. The van der Waals surface area contributed by atoms with Gasteiger partial charge in [0.15, 0.2) is 5.76 Å². The highest BCUT2D eigenvalue weighted by molar-refractivity contribution is 5.96. The van der Waals surface area contributed by atoms with Gasteiger partial charge in [-0.3, -0.25) is 4.79 Å². The first-order valence-corrected chi connectivity index (χ1v) is 5.48. The van der Waals surface area contributed by atoms with E-state index in [1.54, 1.807) is 13.1 Å². The van der Waals surface area contributed by atoms with E-state index in [0.29, 0.717) is 17.9 Å². The van der Waals surface area contributed by atoms with Gasteiger partial charge in [0.2, 0.25) is 0 Å². The second-order valence-corrected chi connectivity index (χ2v) is 4.10. The quantitative estimate of drug-likeness (QED) is 0.879. The van der Waals surface area contributed by atoms with Crippen molar-refractivity contribution in [1.82, 2.24) is 4.90 Å². The number of hydrogen-bond acceptors (Lipinski definition) is 3. The van der Waals surface area contributed by atoms with Crippen LogP contribution in [0.2, 0.25) is 0 Å². The summed E-state index contributed by atoms with van der Waals surface area (Å²) < 4.78 is 5.51. The second-order valence-electron chi connectivity index (χ2n) is 4.10. The van der Waals surface area contributed by atoms with Gasteiger partial charge >= 0.3 is 0 Å². The van der Waals surface area contributed by atoms with Crippen LogP contribution in [0.1, 0.15) is 16.1 Å². The highest BCUT2D eigenvalue weighted by Crippen LogP contribution is 2.21. The SMILES string of the molecule is Cc1ccc2cc(C(=O)N(C)CCO)oc2c1. The molecule has 4 heteroatoms. The lowest BCUT2D eigenvalue weighted by atomic mass is 10.2. The first-order valence-electron chi connectivity index (χ1n) is 5.48. The highest BCUT2D eigenvalue weighted by Gasteiger charge is 2.16. The second kappa shape index (κ2) is 4.59. The highest BCUT2D eigenvalue weighted by atomic mass is 16.3. The predicted molar refractivity (Wildman–Crippen MR) is 65.0 cm³/mol. The van der Waals surface area contributed by atoms with Crippen LogP contribution in [-0.2, 0) is 0 Å². The number of benzene rings is 1. The predicted octanol–water partition coefficient (Wildman–Crippen LogP) is 1.81. The molecule has 0 radical (unpaired) electrons. The topological polar surface area (TPSA) is 53.7 Å². The Morgan fingerprint density at radius 1 is 1.41 bits per heavy atom. The van der Waals surface area contributed by atoms with Crippen molar-refractivity contribution in [2.75, 3.05) is 20.2 Å². The number of rotatable bonds is 3. The Labute approximate surface area is 99.4 Å². The Hall–Kier alpha value is -1.81. The zero-order valence-electron chi connectivity index (χ0n) is 9.93. The largest absolute Gasteiger partial charge is 0.451 e. The minimum atomic E-state index is -0.215. The third kappa shape index (κ3) is 2.31. The summed E-state index contributed by atoms with van der Waals surface area (Å²) in [5.74, 6) is 0.0921.